The Morgan fingerprint density at radius 3 is 2.14 bits per heavy atom. The van der Waals surface area contributed by atoms with E-state index in [0.29, 0.717) is 0 Å². The summed E-state index contributed by atoms with van der Waals surface area (Å²) in [4.78, 5) is 17.9. The molecule has 3 aromatic carbocycles. The molecule has 0 aliphatic carbocycles. The molecule has 0 N–H and O–H groups in total. The van der Waals surface area contributed by atoms with Crippen molar-refractivity contribution in [1.29, 1.82) is 0 Å². The molecule has 1 unspecified atom stereocenters. The smallest absolute Gasteiger partial charge is 0.251 e. The van der Waals surface area contributed by atoms with Gasteiger partial charge in [0.15, 0.2) is 0 Å². The van der Waals surface area contributed by atoms with Gasteiger partial charge in [-0.15, -0.1) is 0 Å². The van der Waals surface area contributed by atoms with Crippen molar-refractivity contribution in [2.24, 2.45) is 14.1 Å². The number of fused-ring (bicyclic) bond motifs is 1. The minimum absolute atomic E-state index is 0.00912. The topological polar surface area (TPSA) is 39.8 Å². The van der Waals surface area contributed by atoms with Gasteiger partial charge in [-0.1, -0.05) is 60.2 Å². The Balaban J connectivity index is 1.85. The Hall–Kier alpha value is -3.92. The van der Waals surface area contributed by atoms with E-state index in [9.17, 15) is 4.79 Å². The predicted octanol–water partition coefficient (Wildman–Crippen LogP) is 6.22. The maximum atomic E-state index is 12.9. The molecule has 0 amide bonds. The first-order valence-corrected chi connectivity index (χ1v) is 12.0. The number of benzene rings is 3. The number of pyridine rings is 1. The van der Waals surface area contributed by atoms with Crippen molar-refractivity contribution in [1.82, 2.24) is 14.1 Å². The molecule has 35 heavy (non-hydrogen) atoms. The summed E-state index contributed by atoms with van der Waals surface area (Å²) in [6.07, 6.45) is 2.13. The molecule has 0 aliphatic heterocycles. The fraction of sp³-hybridized carbons (Fsp3) is 0.226. The highest BCUT2D eigenvalue weighted by atomic mass is 16.1. The number of rotatable bonds is 4. The lowest BCUT2D eigenvalue weighted by molar-refractivity contribution is 0.668. The number of aromatic nitrogens is 3. The van der Waals surface area contributed by atoms with Crippen LogP contribution in [0.2, 0.25) is 0 Å². The van der Waals surface area contributed by atoms with Gasteiger partial charge in [-0.2, -0.15) is 0 Å². The van der Waals surface area contributed by atoms with Gasteiger partial charge in [0.05, 0.1) is 16.6 Å². The van der Waals surface area contributed by atoms with E-state index in [4.69, 9.17) is 4.98 Å². The summed E-state index contributed by atoms with van der Waals surface area (Å²) < 4.78 is 3.81. The highest BCUT2D eigenvalue weighted by Gasteiger charge is 2.34. The van der Waals surface area contributed by atoms with Crippen molar-refractivity contribution in [2.45, 2.75) is 33.1 Å². The second-order valence-electron chi connectivity index (χ2n) is 9.78. The van der Waals surface area contributed by atoms with Crippen LogP contribution >= 0.6 is 0 Å². The van der Waals surface area contributed by atoms with Gasteiger partial charge >= 0.3 is 0 Å². The Kier molecular flexibility index (Phi) is 5.47. The minimum Gasteiger partial charge on any atom is -0.338 e. The maximum absolute atomic E-state index is 12.9. The summed E-state index contributed by atoms with van der Waals surface area (Å²) in [7, 11) is 3.88. The third kappa shape index (κ3) is 3.70. The molecule has 0 aliphatic rings. The molecular formula is C31H31N3O. The van der Waals surface area contributed by atoms with E-state index in [1.54, 1.807) is 10.6 Å². The van der Waals surface area contributed by atoms with Crippen LogP contribution in [0.3, 0.4) is 0 Å². The van der Waals surface area contributed by atoms with Crippen molar-refractivity contribution < 1.29 is 0 Å². The second-order valence-corrected chi connectivity index (χ2v) is 9.78. The number of hydrogen-bond donors (Lipinski definition) is 0. The first-order chi connectivity index (χ1) is 16.7. The fourth-order valence-corrected chi connectivity index (χ4v) is 5.02. The summed E-state index contributed by atoms with van der Waals surface area (Å²) in [6, 6.07) is 25.2. The zero-order chi connectivity index (χ0) is 24.9. The highest BCUT2D eigenvalue weighted by Crippen LogP contribution is 2.41. The van der Waals surface area contributed by atoms with Gasteiger partial charge in [0.25, 0.3) is 5.56 Å². The standard InChI is InChI=1S/C31H31N3O/c1-20-11-13-23(14-12-20)31(4,29-19-33(5)22(3)32-29)24-15-16-28-27(17-24)26(18-30(35)34(28)6)25-10-8-7-9-21(25)2/h7-19H,1-6H3. The first kappa shape index (κ1) is 22.9. The minimum atomic E-state index is -0.467. The molecule has 2 aromatic heterocycles. The average molecular weight is 462 g/mol. The summed E-state index contributed by atoms with van der Waals surface area (Å²) in [5, 5.41) is 1.06. The molecule has 4 nitrogen and oxygen atoms in total. The van der Waals surface area contributed by atoms with Gasteiger partial charge in [-0.3, -0.25) is 4.79 Å². The van der Waals surface area contributed by atoms with E-state index in [-0.39, 0.29) is 5.56 Å². The van der Waals surface area contributed by atoms with Crippen molar-refractivity contribution in [3.05, 3.63) is 123 Å². The summed E-state index contributed by atoms with van der Waals surface area (Å²) >= 11 is 0. The lowest BCUT2D eigenvalue weighted by Crippen LogP contribution is -2.26. The van der Waals surface area contributed by atoms with Crippen LogP contribution in [0, 0.1) is 20.8 Å². The average Bonchev–Trinajstić information content (AvgIpc) is 3.20. The molecule has 1 atom stereocenters. The lowest BCUT2D eigenvalue weighted by atomic mass is 9.73. The first-order valence-electron chi connectivity index (χ1n) is 12.0. The fourth-order valence-electron chi connectivity index (χ4n) is 5.02. The van der Waals surface area contributed by atoms with Gasteiger partial charge in [0, 0.05) is 31.7 Å². The van der Waals surface area contributed by atoms with Crippen molar-refractivity contribution in [3.8, 4) is 11.1 Å². The highest BCUT2D eigenvalue weighted by molar-refractivity contribution is 5.96. The number of aryl methyl sites for hydroxylation is 5. The van der Waals surface area contributed by atoms with Crippen LogP contribution < -0.4 is 5.56 Å². The van der Waals surface area contributed by atoms with Crippen LogP contribution in [-0.4, -0.2) is 14.1 Å². The molecule has 2 heterocycles. The van der Waals surface area contributed by atoms with Crippen molar-refractivity contribution in [3.63, 3.8) is 0 Å². The van der Waals surface area contributed by atoms with Crippen LogP contribution in [0.25, 0.3) is 22.0 Å². The van der Waals surface area contributed by atoms with Crippen LogP contribution in [0.4, 0.5) is 0 Å². The Bertz CT molecular complexity index is 1600. The van der Waals surface area contributed by atoms with Crippen LogP contribution in [0.15, 0.2) is 83.8 Å². The Morgan fingerprint density at radius 1 is 0.800 bits per heavy atom. The molecule has 0 saturated carbocycles. The summed E-state index contributed by atoms with van der Waals surface area (Å²) in [6.45, 7) is 8.48. The van der Waals surface area contributed by atoms with Crippen LogP contribution in [0.1, 0.15) is 40.7 Å². The normalized spacial score (nSPS) is 13.2. The molecule has 5 rings (SSSR count). The Labute approximate surface area is 206 Å². The van der Waals surface area contributed by atoms with Gasteiger partial charge in [-0.25, -0.2) is 4.98 Å². The number of imidazole rings is 1. The molecule has 0 spiro atoms. The SMILES string of the molecule is Cc1ccc(C(C)(c2ccc3c(c2)c(-c2ccccc2C)cc(=O)n3C)c2cn(C)c(C)n2)cc1. The zero-order valence-corrected chi connectivity index (χ0v) is 21.3. The second kappa shape index (κ2) is 8.38. The molecule has 0 saturated heterocycles. The summed E-state index contributed by atoms with van der Waals surface area (Å²) in [5.74, 6) is 0.974. The van der Waals surface area contributed by atoms with Gasteiger partial charge < -0.3 is 9.13 Å². The molecule has 5 aromatic rings. The van der Waals surface area contributed by atoms with E-state index < -0.39 is 5.41 Å². The molecule has 4 heteroatoms. The molecule has 176 valence electrons. The van der Waals surface area contributed by atoms with Crippen molar-refractivity contribution in [2.75, 3.05) is 0 Å². The monoisotopic (exact) mass is 461 g/mol. The van der Waals surface area contributed by atoms with Gasteiger partial charge in [0.2, 0.25) is 0 Å². The Morgan fingerprint density at radius 2 is 1.49 bits per heavy atom. The van der Waals surface area contributed by atoms with Gasteiger partial charge in [-0.05, 0) is 67.6 Å². The molecule has 0 radical (unpaired) electrons. The van der Waals surface area contributed by atoms with Crippen LogP contribution in [0.5, 0.6) is 0 Å². The molecule has 0 bridgehead atoms. The van der Waals surface area contributed by atoms with E-state index >= 15 is 0 Å². The van der Waals surface area contributed by atoms with E-state index in [0.717, 1.165) is 44.7 Å². The van der Waals surface area contributed by atoms with E-state index in [1.807, 2.05) is 33.2 Å². The lowest BCUT2D eigenvalue weighted by Gasteiger charge is -2.30. The number of nitrogens with zero attached hydrogens (tertiary/aromatic N) is 3. The third-order valence-electron chi connectivity index (χ3n) is 7.51. The van der Waals surface area contributed by atoms with E-state index in [1.165, 1.54) is 11.1 Å². The van der Waals surface area contributed by atoms with E-state index in [2.05, 4.69) is 86.1 Å². The number of hydrogen-bond acceptors (Lipinski definition) is 2. The maximum Gasteiger partial charge on any atom is 0.251 e. The zero-order valence-electron chi connectivity index (χ0n) is 21.3. The van der Waals surface area contributed by atoms with Crippen molar-refractivity contribution >= 4 is 10.9 Å². The molecule has 0 fully saturated rings. The predicted molar refractivity (Wildman–Crippen MR) is 144 cm³/mol. The van der Waals surface area contributed by atoms with Crippen LogP contribution in [-0.2, 0) is 19.5 Å². The summed E-state index contributed by atoms with van der Waals surface area (Å²) in [5.41, 5.74) is 8.19. The largest absolute Gasteiger partial charge is 0.338 e. The van der Waals surface area contributed by atoms with Gasteiger partial charge in [0.1, 0.15) is 5.82 Å². The third-order valence-corrected chi connectivity index (χ3v) is 7.51. The quantitative estimate of drug-likeness (QED) is 0.319. The molecular weight excluding hydrogens is 430 g/mol.